The molecule has 0 saturated heterocycles. The van der Waals surface area contributed by atoms with Crippen LogP contribution < -0.4 is 5.32 Å². The van der Waals surface area contributed by atoms with Gasteiger partial charge in [0.2, 0.25) is 0 Å². The van der Waals surface area contributed by atoms with Gasteiger partial charge in [-0.25, -0.2) is 0 Å². The van der Waals surface area contributed by atoms with Crippen LogP contribution in [0.3, 0.4) is 0 Å². The van der Waals surface area contributed by atoms with Gasteiger partial charge in [0.1, 0.15) is 0 Å². The van der Waals surface area contributed by atoms with Crippen molar-refractivity contribution in [1.29, 1.82) is 0 Å². The summed E-state index contributed by atoms with van der Waals surface area (Å²) in [6.07, 6.45) is 1.08. The second-order valence-corrected chi connectivity index (χ2v) is 5.48. The lowest BCUT2D eigenvalue weighted by molar-refractivity contribution is 0.582. The molecule has 1 aromatic heterocycles. The highest BCUT2D eigenvalue weighted by Crippen LogP contribution is 2.28. The smallest absolute Gasteiger partial charge is 0.0474 e. The Balaban J connectivity index is 2.35. The minimum absolute atomic E-state index is 0.500. The van der Waals surface area contributed by atoms with Crippen molar-refractivity contribution in [3.8, 4) is 0 Å². The summed E-state index contributed by atoms with van der Waals surface area (Å²) in [4.78, 5) is 3.46. The molecule has 0 spiro atoms. The van der Waals surface area contributed by atoms with Crippen LogP contribution in [0.15, 0.2) is 22.7 Å². The van der Waals surface area contributed by atoms with Crippen LogP contribution >= 0.6 is 15.9 Å². The number of halogens is 1. The Morgan fingerprint density at radius 3 is 2.76 bits per heavy atom. The van der Waals surface area contributed by atoms with Crippen LogP contribution in [-0.2, 0) is 13.0 Å². The Kier molecular flexibility index (Phi) is 3.89. The first kappa shape index (κ1) is 12.7. The molecule has 2 N–H and O–H groups in total. The predicted molar refractivity (Wildman–Crippen MR) is 77.4 cm³/mol. The average molecular weight is 295 g/mol. The lowest BCUT2D eigenvalue weighted by Gasteiger charge is -2.06. The molecule has 2 aromatic rings. The van der Waals surface area contributed by atoms with Crippen molar-refractivity contribution < 1.29 is 0 Å². The van der Waals surface area contributed by atoms with Crippen LogP contribution in [0.25, 0.3) is 10.9 Å². The molecule has 0 bridgehead atoms. The number of aryl methyl sites for hydroxylation is 1. The molecule has 0 fully saturated rings. The monoisotopic (exact) mass is 294 g/mol. The van der Waals surface area contributed by atoms with Crippen LogP contribution in [0, 0.1) is 0 Å². The number of rotatable bonds is 4. The fourth-order valence-electron chi connectivity index (χ4n) is 1.91. The Labute approximate surface area is 111 Å². The van der Waals surface area contributed by atoms with E-state index in [1.165, 1.54) is 26.6 Å². The standard InChI is InChI=1S/C14H19BrN2/c1-4-10-5-6-12-11(7-10)14(15)13(17-12)8-16-9(2)3/h5-7,9,16-17H,4,8H2,1-3H3. The SMILES string of the molecule is CCc1ccc2[nH]c(CNC(C)C)c(Br)c2c1. The van der Waals surface area contributed by atoms with Gasteiger partial charge in [-0.3, -0.25) is 0 Å². The van der Waals surface area contributed by atoms with E-state index in [1.807, 2.05) is 0 Å². The Hall–Kier alpha value is -0.800. The fraction of sp³-hybridized carbons (Fsp3) is 0.429. The Bertz CT molecular complexity index is 514. The summed E-state index contributed by atoms with van der Waals surface area (Å²) >= 11 is 3.69. The highest BCUT2D eigenvalue weighted by atomic mass is 79.9. The lowest BCUT2D eigenvalue weighted by Crippen LogP contribution is -2.22. The van der Waals surface area contributed by atoms with E-state index in [1.54, 1.807) is 0 Å². The van der Waals surface area contributed by atoms with Crippen molar-refractivity contribution in [2.45, 2.75) is 39.8 Å². The minimum atomic E-state index is 0.500. The molecule has 1 heterocycles. The van der Waals surface area contributed by atoms with Gasteiger partial charge in [-0.15, -0.1) is 0 Å². The van der Waals surface area contributed by atoms with E-state index < -0.39 is 0 Å². The highest BCUT2D eigenvalue weighted by Gasteiger charge is 2.09. The molecule has 92 valence electrons. The molecule has 2 nitrogen and oxygen atoms in total. The molecule has 0 amide bonds. The van der Waals surface area contributed by atoms with E-state index in [4.69, 9.17) is 0 Å². The van der Waals surface area contributed by atoms with Gasteiger partial charge < -0.3 is 10.3 Å². The van der Waals surface area contributed by atoms with Crippen LogP contribution in [0.2, 0.25) is 0 Å². The first-order valence-electron chi connectivity index (χ1n) is 6.14. The van der Waals surface area contributed by atoms with Gasteiger partial charge in [0.15, 0.2) is 0 Å². The summed E-state index contributed by atoms with van der Waals surface area (Å²) < 4.78 is 1.19. The van der Waals surface area contributed by atoms with Gasteiger partial charge in [-0.2, -0.15) is 0 Å². The molecular formula is C14H19BrN2. The van der Waals surface area contributed by atoms with E-state index >= 15 is 0 Å². The van der Waals surface area contributed by atoms with Crippen LogP contribution in [0.5, 0.6) is 0 Å². The molecule has 0 aliphatic heterocycles. The van der Waals surface area contributed by atoms with Crippen molar-refractivity contribution in [1.82, 2.24) is 10.3 Å². The Morgan fingerprint density at radius 1 is 1.35 bits per heavy atom. The number of aromatic nitrogens is 1. The van der Waals surface area contributed by atoms with E-state index in [9.17, 15) is 0 Å². The van der Waals surface area contributed by atoms with Gasteiger partial charge >= 0.3 is 0 Å². The second kappa shape index (κ2) is 5.23. The average Bonchev–Trinajstić information content (AvgIpc) is 2.63. The maximum absolute atomic E-state index is 3.69. The molecule has 0 aliphatic rings. The molecule has 0 saturated carbocycles. The molecule has 17 heavy (non-hydrogen) atoms. The maximum atomic E-state index is 3.69. The molecule has 1 aromatic carbocycles. The fourth-order valence-corrected chi connectivity index (χ4v) is 2.48. The molecule has 0 radical (unpaired) electrons. The summed E-state index contributed by atoms with van der Waals surface area (Å²) in [5.41, 5.74) is 3.80. The van der Waals surface area contributed by atoms with Crippen LogP contribution in [0.1, 0.15) is 32.0 Å². The maximum Gasteiger partial charge on any atom is 0.0474 e. The number of H-pyrrole nitrogens is 1. The normalized spacial score (nSPS) is 11.6. The zero-order valence-electron chi connectivity index (χ0n) is 10.6. The number of nitrogens with one attached hydrogen (secondary N) is 2. The second-order valence-electron chi connectivity index (χ2n) is 4.69. The van der Waals surface area contributed by atoms with Gasteiger partial charge in [0, 0.05) is 33.7 Å². The van der Waals surface area contributed by atoms with Crippen LogP contribution in [-0.4, -0.2) is 11.0 Å². The number of aromatic amines is 1. The van der Waals surface area contributed by atoms with Crippen molar-refractivity contribution >= 4 is 26.8 Å². The third-order valence-corrected chi connectivity index (χ3v) is 3.87. The molecule has 2 rings (SSSR count). The molecule has 0 unspecified atom stereocenters. The topological polar surface area (TPSA) is 27.8 Å². The van der Waals surface area contributed by atoms with E-state index in [2.05, 4.69) is 65.2 Å². The van der Waals surface area contributed by atoms with Crippen LogP contribution in [0.4, 0.5) is 0 Å². The number of hydrogen-bond donors (Lipinski definition) is 2. The lowest BCUT2D eigenvalue weighted by atomic mass is 10.1. The first-order valence-corrected chi connectivity index (χ1v) is 6.93. The third-order valence-electron chi connectivity index (χ3n) is 2.97. The summed E-state index contributed by atoms with van der Waals surface area (Å²) in [6, 6.07) is 7.11. The number of benzene rings is 1. The first-order chi connectivity index (χ1) is 8.11. The van der Waals surface area contributed by atoms with E-state index in [0.717, 1.165) is 13.0 Å². The summed E-state index contributed by atoms with van der Waals surface area (Å²) in [6.45, 7) is 7.37. The Morgan fingerprint density at radius 2 is 2.12 bits per heavy atom. The number of fused-ring (bicyclic) bond motifs is 1. The highest BCUT2D eigenvalue weighted by molar-refractivity contribution is 9.10. The third kappa shape index (κ3) is 2.72. The van der Waals surface area contributed by atoms with Gasteiger partial charge in [-0.05, 0) is 40.0 Å². The largest absolute Gasteiger partial charge is 0.356 e. The van der Waals surface area contributed by atoms with Crippen molar-refractivity contribution in [2.75, 3.05) is 0 Å². The molecule has 0 atom stereocenters. The van der Waals surface area contributed by atoms with Crippen molar-refractivity contribution in [2.24, 2.45) is 0 Å². The summed E-state index contributed by atoms with van der Waals surface area (Å²) in [5, 5.41) is 4.71. The van der Waals surface area contributed by atoms with Crippen molar-refractivity contribution in [3.05, 3.63) is 33.9 Å². The summed E-state index contributed by atoms with van der Waals surface area (Å²) in [5.74, 6) is 0. The van der Waals surface area contributed by atoms with Gasteiger partial charge in [-0.1, -0.05) is 26.8 Å². The molecule has 0 aliphatic carbocycles. The predicted octanol–water partition coefficient (Wildman–Crippen LogP) is 3.99. The van der Waals surface area contributed by atoms with E-state index in [-0.39, 0.29) is 0 Å². The molecule has 3 heteroatoms. The zero-order chi connectivity index (χ0) is 12.4. The summed E-state index contributed by atoms with van der Waals surface area (Å²) in [7, 11) is 0. The van der Waals surface area contributed by atoms with Gasteiger partial charge in [0.25, 0.3) is 0 Å². The van der Waals surface area contributed by atoms with Gasteiger partial charge in [0.05, 0.1) is 0 Å². The van der Waals surface area contributed by atoms with Crippen molar-refractivity contribution in [3.63, 3.8) is 0 Å². The zero-order valence-corrected chi connectivity index (χ0v) is 12.2. The number of hydrogen-bond acceptors (Lipinski definition) is 1. The molecular weight excluding hydrogens is 276 g/mol. The minimum Gasteiger partial charge on any atom is -0.356 e. The van der Waals surface area contributed by atoms with E-state index in [0.29, 0.717) is 6.04 Å². The quantitative estimate of drug-likeness (QED) is 0.877.